The third kappa shape index (κ3) is 3.40. The number of benzene rings is 2. The van der Waals surface area contributed by atoms with Gasteiger partial charge in [-0.05, 0) is 42.0 Å². The average molecular weight is 356 g/mol. The standard InChI is InChI=1S/C22H20N4O/c1-26(2)22(27)16-8-10-17(11-9-16)24-21-18-14-20(15-6-4-3-5-7-15)25-19(18)12-13-23-21/h3-14,25H,1-2H3,(H,23,24). The summed E-state index contributed by atoms with van der Waals surface area (Å²) in [5.74, 6) is 0.762. The van der Waals surface area contributed by atoms with Gasteiger partial charge in [-0.1, -0.05) is 30.3 Å². The van der Waals surface area contributed by atoms with Crippen LogP contribution in [0.1, 0.15) is 10.4 Å². The molecular weight excluding hydrogens is 336 g/mol. The number of amides is 1. The molecule has 0 aliphatic rings. The Morgan fingerprint density at radius 3 is 2.44 bits per heavy atom. The van der Waals surface area contributed by atoms with Gasteiger partial charge in [0.25, 0.3) is 5.91 Å². The van der Waals surface area contributed by atoms with Gasteiger partial charge < -0.3 is 15.2 Å². The first-order valence-electron chi connectivity index (χ1n) is 8.74. The second-order valence-corrected chi connectivity index (χ2v) is 6.57. The van der Waals surface area contributed by atoms with Crippen molar-refractivity contribution >= 4 is 28.3 Å². The number of hydrogen-bond donors (Lipinski definition) is 2. The summed E-state index contributed by atoms with van der Waals surface area (Å²) in [6.45, 7) is 0. The van der Waals surface area contributed by atoms with E-state index in [-0.39, 0.29) is 5.91 Å². The number of nitrogens with one attached hydrogen (secondary N) is 2. The second kappa shape index (κ2) is 6.96. The molecule has 2 N–H and O–H groups in total. The third-order valence-electron chi connectivity index (χ3n) is 4.43. The van der Waals surface area contributed by atoms with Crippen LogP contribution in [0.5, 0.6) is 0 Å². The van der Waals surface area contributed by atoms with E-state index in [1.54, 1.807) is 25.2 Å². The number of anilines is 2. The fourth-order valence-electron chi connectivity index (χ4n) is 3.02. The summed E-state index contributed by atoms with van der Waals surface area (Å²) in [6, 6.07) is 21.7. The first kappa shape index (κ1) is 16.8. The Kier molecular flexibility index (Phi) is 4.34. The third-order valence-corrected chi connectivity index (χ3v) is 4.43. The number of fused-ring (bicyclic) bond motifs is 1. The number of rotatable bonds is 4. The largest absolute Gasteiger partial charge is 0.354 e. The molecule has 4 aromatic rings. The molecule has 0 spiro atoms. The molecule has 0 aliphatic carbocycles. The Labute approximate surface area is 157 Å². The molecule has 1 amide bonds. The lowest BCUT2D eigenvalue weighted by Crippen LogP contribution is -2.21. The molecule has 5 nitrogen and oxygen atoms in total. The molecule has 0 saturated heterocycles. The number of aromatic nitrogens is 2. The van der Waals surface area contributed by atoms with Gasteiger partial charge in [-0.25, -0.2) is 4.98 Å². The molecule has 0 aliphatic heterocycles. The van der Waals surface area contributed by atoms with Crippen LogP contribution >= 0.6 is 0 Å². The lowest BCUT2D eigenvalue weighted by molar-refractivity contribution is 0.0827. The van der Waals surface area contributed by atoms with Crippen LogP contribution in [0.3, 0.4) is 0 Å². The van der Waals surface area contributed by atoms with Crippen LogP contribution in [-0.4, -0.2) is 34.9 Å². The molecule has 2 aromatic heterocycles. The van der Waals surface area contributed by atoms with E-state index in [0.29, 0.717) is 5.56 Å². The number of pyridine rings is 1. The van der Waals surface area contributed by atoms with Gasteiger partial charge in [-0.2, -0.15) is 0 Å². The highest BCUT2D eigenvalue weighted by molar-refractivity contribution is 5.96. The van der Waals surface area contributed by atoms with Gasteiger partial charge in [0.2, 0.25) is 0 Å². The average Bonchev–Trinajstić information content (AvgIpc) is 3.14. The number of H-pyrrole nitrogens is 1. The molecule has 0 saturated carbocycles. The number of aromatic amines is 1. The van der Waals surface area contributed by atoms with Gasteiger partial charge in [0.1, 0.15) is 5.82 Å². The fourth-order valence-corrected chi connectivity index (χ4v) is 3.02. The van der Waals surface area contributed by atoms with Gasteiger partial charge in [-0.15, -0.1) is 0 Å². The Morgan fingerprint density at radius 1 is 1.00 bits per heavy atom. The van der Waals surface area contributed by atoms with Crippen molar-refractivity contribution in [2.45, 2.75) is 0 Å². The van der Waals surface area contributed by atoms with Crippen LogP contribution in [0.4, 0.5) is 11.5 Å². The van der Waals surface area contributed by atoms with E-state index in [9.17, 15) is 4.79 Å². The molecule has 134 valence electrons. The lowest BCUT2D eigenvalue weighted by Gasteiger charge is -2.11. The molecule has 0 atom stereocenters. The lowest BCUT2D eigenvalue weighted by atomic mass is 10.1. The van der Waals surface area contributed by atoms with E-state index in [4.69, 9.17) is 0 Å². The Hall–Kier alpha value is -3.60. The van der Waals surface area contributed by atoms with Crippen LogP contribution in [0.2, 0.25) is 0 Å². The number of carbonyl (C=O) groups is 1. The van der Waals surface area contributed by atoms with Gasteiger partial charge in [-0.3, -0.25) is 4.79 Å². The van der Waals surface area contributed by atoms with Crippen LogP contribution < -0.4 is 5.32 Å². The molecule has 2 heterocycles. The first-order valence-corrected chi connectivity index (χ1v) is 8.74. The molecule has 2 aromatic carbocycles. The minimum Gasteiger partial charge on any atom is -0.354 e. The zero-order chi connectivity index (χ0) is 18.8. The van der Waals surface area contributed by atoms with E-state index in [1.807, 2.05) is 48.5 Å². The van der Waals surface area contributed by atoms with Gasteiger partial charge in [0.05, 0.1) is 5.52 Å². The van der Waals surface area contributed by atoms with Crippen molar-refractivity contribution < 1.29 is 4.79 Å². The van der Waals surface area contributed by atoms with Crippen molar-refractivity contribution in [2.75, 3.05) is 19.4 Å². The zero-order valence-electron chi connectivity index (χ0n) is 15.2. The van der Waals surface area contributed by atoms with E-state index in [0.717, 1.165) is 33.7 Å². The number of nitrogens with zero attached hydrogens (tertiary/aromatic N) is 2. The molecule has 4 rings (SSSR count). The summed E-state index contributed by atoms with van der Waals surface area (Å²) in [7, 11) is 3.49. The second-order valence-electron chi connectivity index (χ2n) is 6.57. The van der Waals surface area contributed by atoms with E-state index in [1.165, 1.54) is 0 Å². The fraction of sp³-hybridized carbons (Fsp3) is 0.0909. The minimum absolute atomic E-state index is 0.0140. The Balaban J connectivity index is 1.64. The minimum atomic E-state index is -0.0140. The van der Waals surface area contributed by atoms with E-state index in [2.05, 4.69) is 33.5 Å². The molecule has 0 fully saturated rings. The highest BCUT2D eigenvalue weighted by Crippen LogP contribution is 2.29. The number of carbonyl (C=O) groups excluding carboxylic acids is 1. The summed E-state index contributed by atoms with van der Waals surface area (Å²) >= 11 is 0. The molecule has 5 heteroatoms. The van der Waals surface area contributed by atoms with Crippen LogP contribution in [0, 0.1) is 0 Å². The summed E-state index contributed by atoms with van der Waals surface area (Å²) < 4.78 is 0. The predicted molar refractivity (Wildman–Crippen MR) is 109 cm³/mol. The first-order chi connectivity index (χ1) is 13.1. The van der Waals surface area contributed by atoms with Gasteiger partial charge >= 0.3 is 0 Å². The maximum absolute atomic E-state index is 12.0. The van der Waals surface area contributed by atoms with Crippen molar-refractivity contribution in [3.63, 3.8) is 0 Å². The zero-order valence-corrected chi connectivity index (χ0v) is 15.2. The highest BCUT2D eigenvalue weighted by Gasteiger charge is 2.10. The molecule has 27 heavy (non-hydrogen) atoms. The molecular formula is C22H20N4O. The van der Waals surface area contributed by atoms with Crippen molar-refractivity contribution in [1.29, 1.82) is 0 Å². The van der Waals surface area contributed by atoms with Crippen molar-refractivity contribution in [3.8, 4) is 11.3 Å². The smallest absolute Gasteiger partial charge is 0.253 e. The summed E-state index contributed by atoms with van der Waals surface area (Å²) in [4.78, 5) is 21.5. The number of hydrogen-bond acceptors (Lipinski definition) is 3. The Morgan fingerprint density at radius 2 is 1.74 bits per heavy atom. The molecule has 0 bridgehead atoms. The van der Waals surface area contributed by atoms with Crippen molar-refractivity contribution in [3.05, 3.63) is 78.5 Å². The highest BCUT2D eigenvalue weighted by atomic mass is 16.2. The van der Waals surface area contributed by atoms with Crippen LogP contribution in [0.15, 0.2) is 72.9 Å². The van der Waals surface area contributed by atoms with Crippen LogP contribution in [0.25, 0.3) is 22.2 Å². The maximum Gasteiger partial charge on any atom is 0.253 e. The van der Waals surface area contributed by atoms with E-state index < -0.39 is 0 Å². The Bertz CT molecular complexity index is 1080. The van der Waals surface area contributed by atoms with Crippen LogP contribution in [-0.2, 0) is 0 Å². The topological polar surface area (TPSA) is 61.0 Å². The summed E-state index contributed by atoms with van der Waals surface area (Å²) in [5.41, 5.74) is 4.74. The van der Waals surface area contributed by atoms with Gasteiger partial charge in [0, 0.05) is 42.6 Å². The molecule has 0 unspecified atom stereocenters. The van der Waals surface area contributed by atoms with Gasteiger partial charge in [0.15, 0.2) is 0 Å². The van der Waals surface area contributed by atoms with Crippen molar-refractivity contribution in [1.82, 2.24) is 14.9 Å². The summed E-state index contributed by atoms with van der Waals surface area (Å²) in [5, 5.41) is 4.37. The SMILES string of the molecule is CN(C)C(=O)c1ccc(Nc2nccc3[nH]c(-c4ccccc4)cc23)cc1. The molecule has 0 radical (unpaired) electrons. The predicted octanol–water partition coefficient (Wildman–Crippen LogP) is 4.68. The summed E-state index contributed by atoms with van der Waals surface area (Å²) in [6.07, 6.45) is 1.78. The maximum atomic E-state index is 12.0. The normalized spacial score (nSPS) is 10.7. The van der Waals surface area contributed by atoms with Crippen molar-refractivity contribution in [2.24, 2.45) is 0 Å². The van der Waals surface area contributed by atoms with E-state index >= 15 is 0 Å². The quantitative estimate of drug-likeness (QED) is 0.558. The monoisotopic (exact) mass is 356 g/mol.